The highest BCUT2D eigenvalue weighted by atomic mass is 16.5. The molecule has 0 aromatic heterocycles. The van der Waals surface area contributed by atoms with Gasteiger partial charge < -0.3 is 19.1 Å². The SMILES string of the molecule is CCCCC(=O)[O-].CC[N+](C)(C)CCOC. The van der Waals surface area contributed by atoms with Gasteiger partial charge in [-0.3, -0.25) is 0 Å². The molecule has 0 aliphatic carbocycles. The zero-order valence-electron chi connectivity index (χ0n) is 11.4. The van der Waals surface area contributed by atoms with Crippen LogP contribution in [-0.2, 0) is 9.53 Å². The minimum atomic E-state index is -0.943. The van der Waals surface area contributed by atoms with Gasteiger partial charge in [0, 0.05) is 13.1 Å². The summed E-state index contributed by atoms with van der Waals surface area (Å²) in [4.78, 5) is 9.65. The highest BCUT2D eigenvalue weighted by molar-refractivity contribution is 5.63. The highest BCUT2D eigenvalue weighted by Crippen LogP contribution is 1.93. The molecule has 4 nitrogen and oxygen atoms in total. The molecular weight excluding hydrogens is 206 g/mol. The maximum absolute atomic E-state index is 9.65. The number of ether oxygens (including phenoxy) is 1. The Kier molecular flexibility index (Phi) is 12.1. The lowest BCUT2D eigenvalue weighted by Crippen LogP contribution is -2.41. The minimum Gasteiger partial charge on any atom is -0.550 e. The lowest BCUT2D eigenvalue weighted by Gasteiger charge is -2.27. The van der Waals surface area contributed by atoms with E-state index < -0.39 is 5.97 Å². The number of aliphatic carboxylic acids is 1. The lowest BCUT2D eigenvalue weighted by atomic mass is 10.3. The first-order valence-corrected chi connectivity index (χ1v) is 5.90. The van der Waals surface area contributed by atoms with Crippen molar-refractivity contribution in [3.63, 3.8) is 0 Å². The normalized spacial score (nSPS) is 10.6. The molecule has 0 saturated heterocycles. The first-order chi connectivity index (χ1) is 7.39. The standard InChI is InChI=1S/C7H18NO.C5H10O2/c1-5-8(2,3)6-7-9-4;1-2-3-4-5(6)7/h5-7H2,1-4H3;2-4H2,1H3,(H,6,7)/q+1;/p-1. The number of carbonyl (C=O) groups is 1. The molecule has 0 amide bonds. The van der Waals surface area contributed by atoms with E-state index in [0.717, 1.165) is 30.5 Å². The molecule has 0 saturated carbocycles. The van der Waals surface area contributed by atoms with Crippen LogP contribution in [0, 0.1) is 0 Å². The van der Waals surface area contributed by atoms with E-state index >= 15 is 0 Å². The van der Waals surface area contributed by atoms with Crippen LogP contribution < -0.4 is 5.11 Å². The summed E-state index contributed by atoms with van der Waals surface area (Å²) < 4.78 is 6.01. The van der Waals surface area contributed by atoms with Crippen molar-refractivity contribution in [1.29, 1.82) is 0 Å². The van der Waals surface area contributed by atoms with Crippen LogP contribution in [0.1, 0.15) is 33.1 Å². The molecule has 98 valence electrons. The lowest BCUT2D eigenvalue weighted by molar-refractivity contribution is -0.888. The monoisotopic (exact) mass is 233 g/mol. The molecule has 0 radical (unpaired) electrons. The van der Waals surface area contributed by atoms with Crippen molar-refractivity contribution in [3.8, 4) is 0 Å². The van der Waals surface area contributed by atoms with Gasteiger partial charge in [0.15, 0.2) is 0 Å². The summed E-state index contributed by atoms with van der Waals surface area (Å²) in [6.45, 7) is 7.27. The number of nitrogens with zero attached hydrogens (tertiary/aromatic N) is 1. The van der Waals surface area contributed by atoms with Crippen molar-refractivity contribution in [2.45, 2.75) is 33.1 Å². The van der Waals surface area contributed by atoms with Crippen LogP contribution in [0.5, 0.6) is 0 Å². The van der Waals surface area contributed by atoms with Gasteiger partial charge >= 0.3 is 0 Å². The Labute approximate surface area is 99.8 Å². The Hall–Kier alpha value is -0.610. The van der Waals surface area contributed by atoms with Gasteiger partial charge in [0.1, 0.15) is 6.54 Å². The van der Waals surface area contributed by atoms with Crippen LogP contribution in [0.4, 0.5) is 0 Å². The van der Waals surface area contributed by atoms with Crippen molar-refractivity contribution in [3.05, 3.63) is 0 Å². The van der Waals surface area contributed by atoms with Crippen molar-refractivity contribution in [1.82, 2.24) is 0 Å². The number of rotatable bonds is 7. The first-order valence-electron chi connectivity index (χ1n) is 5.90. The van der Waals surface area contributed by atoms with E-state index in [-0.39, 0.29) is 6.42 Å². The number of hydrogen-bond acceptors (Lipinski definition) is 3. The molecule has 0 aliphatic rings. The van der Waals surface area contributed by atoms with Crippen molar-refractivity contribution in [2.75, 3.05) is 40.9 Å². The van der Waals surface area contributed by atoms with Gasteiger partial charge in [0.25, 0.3) is 0 Å². The first kappa shape index (κ1) is 17.8. The number of quaternary nitrogens is 1. The maximum atomic E-state index is 9.65. The summed E-state index contributed by atoms with van der Waals surface area (Å²) in [6.07, 6.45) is 1.87. The van der Waals surface area contributed by atoms with Crippen LogP contribution in [0.25, 0.3) is 0 Å². The Morgan fingerprint density at radius 1 is 1.31 bits per heavy atom. The molecule has 0 fully saturated rings. The van der Waals surface area contributed by atoms with E-state index in [1.807, 2.05) is 6.92 Å². The molecule has 0 atom stereocenters. The van der Waals surface area contributed by atoms with Crippen molar-refractivity contribution >= 4 is 5.97 Å². The van der Waals surface area contributed by atoms with Crippen LogP contribution in [-0.4, -0.2) is 51.4 Å². The molecule has 0 aromatic carbocycles. The summed E-state index contributed by atoms with van der Waals surface area (Å²) in [5.74, 6) is -0.943. The largest absolute Gasteiger partial charge is 0.550 e. The third-order valence-corrected chi connectivity index (χ3v) is 2.49. The average molecular weight is 233 g/mol. The Morgan fingerprint density at radius 2 is 1.88 bits per heavy atom. The number of carbonyl (C=O) groups excluding carboxylic acids is 1. The van der Waals surface area contributed by atoms with Gasteiger partial charge in [0.2, 0.25) is 0 Å². The zero-order valence-corrected chi connectivity index (χ0v) is 11.4. The number of unbranched alkanes of at least 4 members (excludes halogenated alkanes) is 1. The Morgan fingerprint density at radius 3 is 2.12 bits per heavy atom. The van der Waals surface area contributed by atoms with Gasteiger partial charge in [-0.2, -0.15) is 0 Å². The predicted molar refractivity (Wildman–Crippen MR) is 63.9 cm³/mol. The fourth-order valence-electron chi connectivity index (χ4n) is 0.818. The second kappa shape index (κ2) is 10.9. The third kappa shape index (κ3) is 15.8. The predicted octanol–water partition coefficient (Wildman–Crippen LogP) is 0.656. The van der Waals surface area contributed by atoms with E-state index in [9.17, 15) is 9.90 Å². The number of hydrogen-bond donors (Lipinski definition) is 0. The molecule has 0 aromatic rings. The second-order valence-electron chi connectivity index (χ2n) is 4.44. The van der Waals surface area contributed by atoms with Crippen LogP contribution >= 0.6 is 0 Å². The number of likely N-dealkylation sites (N-methyl/N-ethyl adjacent to an activating group) is 1. The number of methoxy groups -OCH3 is 1. The van der Waals surface area contributed by atoms with Gasteiger partial charge in [-0.15, -0.1) is 0 Å². The molecule has 0 N–H and O–H groups in total. The Bertz CT molecular complexity index is 170. The molecule has 0 rings (SSSR count). The van der Waals surface area contributed by atoms with E-state index in [1.165, 1.54) is 6.54 Å². The fourth-order valence-corrected chi connectivity index (χ4v) is 0.818. The van der Waals surface area contributed by atoms with Crippen molar-refractivity contribution in [2.24, 2.45) is 0 Å². The number of carboxylic acid groups (broad SMARTS) is 1. The smallest absolute Gasteiger partial charge is 0.102 e. The molecule has 0 bridgehead atoms. The van der Waals surface area contributed by atoms with Gasteiger partial charge in [-0.1, -0.05) is 13.3 Å². The summed E-state index contributed by atoms with van der Waals surface area (Å²) in [5.41, 5.74) is 0. The van der Waals surface area contributed by atoms with E-state index in [2.05, 4.69) is 21.0 Å². The molecular formula is C12H27NO3. The molecule has 4 heteroatoms. The van der Waals surface area contributed by atoms with Crippen LogP contribution in [0.2, 0.25) is 0 Å². The van der Waals surface area contributed by atoms with Crippen molar-refractivity contribution < 1.29 is 19.1 Å². The van der Waals surface area contributed by atoms with Gasteiger partial charge in [0.05, 0.1) is 27.2 Å². The molecule has 0 aliphatic heterocycles. The van der Waals surface area contributed by atoms with Crippen LogP contribution in [0.15, 0.2) is 0 Å². The van der Waals surface area contributed by atoms with E-state index in [0.29, 0.717) is 0 Å². The van der Waals surface area contributed by atoms with Gasteiger partial charge in [-0.25, -0.2) is 0 Å². The molecule has 0 unspecified atom stereocenters. The number of carboxylic acids is 1. The average Bonchev–Trinajstić information content (AvgIpc) is 2.24. The second-order valence-corrected chi connectivity index (χ2v) is 4.44. The summed E-state index contributed by atoms with van der Waals surface area (Å²) >= 11 is 0. The zero-order chi connectivity index (χ0) is 13.0. The molecule has 0 spiro atoms. The van der Waals surface area contributed by atoms with E-state index in [1.54, 1.807) is 7.11 Å². The summed E-state index contributed by atoms with van der Waals surface area (Å²) in [7, 11) is 6.16. The maximum Gasteiger partial charge on any atom is 0.102 e. The quantitative estimate of drug-likeness (QED) is 0.607. The minimum absolute atomic E-state index is 0.205. The summed E-state index contributed by atoms with van der Waals surface area (Å²) in [6, 6.07) is 0. The third-order valence-electron chi connectivity index (χ3n) is 2.49. The Balaban J connectivity index is 0. The van der Waals surface area contributed by atoms with Crippen LogP contribution in [0.3, 0.4) is 0 Å². The van der Waals surface area contributed by atoms with Gasteiger partial charge in [-0.05, 0) is 19.8 Å². The molecule has 16 heavy (non-hydrogen) atoms. The van der Waals surface area contributed by atoms with E-state index in [4.69, 9.17) is 4.74 Å². The molecule has 0 heterocycles. The fraction of sp³-hybridized carbons (Fsp3) is 0.917. The summed E-state index contributed by atoms with van der Waals surface area (Å²) in [5, 5.41) is 9.65. The highest BCUT2D eigenvalue weighted by Gasteiger charge is 2.09. The topological polar surface area (TPSA) is 49.4 Å².